The van der Waals surface area contributed by atoms with E-state index in [9.17, 15) is 14.4 Å². The maximum atomic E-state index is 12.8. The molecule has 1 amide bonds. The molecule has 2 bridgehead atoms. The SMILES string of the molecule is CC(=O)[C@@H]1[C@@H]2CC[C@@H](C(CC3CC3)C2=O)N1C(=O)OC(C)(C)C. The third-order valence-corrected chi connectivity index (χ3v) is 5.31. The molecule has 0 radical (unpaired) electrons. The highest BCUT2D eigenvalue weighted by Crippen LogP contribution is 2.47. The standard InChI is InChI=1S/C18H27NO4/c1-10(20)15-12-7-8-14(13(16(12)21)9-11-5-6-11)19(15)17(22)23-18(2,3)4/h11-15H,5-9H2,1-4H3/t12-,13?,14-,15+/m0/s1. The lowest BCUT2D eigenvalue weighted by Gasteiger charge is -2.52. The first-order chi connectivity index (χ1) is 10.7. The normalized spacial score (nSPS) is 33.7. The predicted molar refractivity (Wildman–Crippen MR) is 84.9 cm³/mol. The van der Waals surface area contributed by atoms with Gasteiger partial charge in [0.15, 0.2) is 5.78 Å². The van der Waals surface area contributed by atoms with E-state index in [2.05, 4.69) is 0 Å². The second-order valence-electron chi connectivity index (χ2n) is 8.38. The number of ether oxygens (including phenoxy) is 1. The van der Waals surface area contributed by atoms with Crippen LogP contribution in [0.1, 0.15) is 59.8 Å². The predicted octanol–water partition coefficient (Wildman–Crippen LogP) is 2.96. The van der Waals surface area contributed by atoms with Crippen LogP contribution >= 0.6 is 0 Å². The van der Waals surface area contributed by atoms with Crippen molar-refractivity contribution in [1.82, 2.24) is 4.90 Å². The zero-order valence-corrected chi connectivity index (χ0v) is 14.5. The summed E-state index contributed by atoms with van der Waals surface area (Å²) in [6.45, 7) is 6.94. The molecule has 5 nitrogen and oxygen atoms in total. The van der Waals surface area contributed by atoms with Gasteiger partial charge >= 0.3 is 6.09 Å². The molecule has 4 aliphatic rings. The van der Waals surface area contributed by atoms with Crippen molar-refractivity contribution >= 4 is 17.7 Å². The minimum Gasteiger partial charge on any atom is -0.444 e. The van der Waals surface area contributed by atoms with Gasteiger partial charge in [0.05, 0.1) is 0 Å². The molecule has 2 saturated carbocycles. The third-order valence-electron chi connectivity index (χ3n) is 5.31. The monoisotopic (exact) mass is 321 g/mol. The molecule has 4 rings (SSSR count). The summed E-state index contributed by atoms with van der Waals surface area (Å²) in [6, 6.07) is -0.802. The Morgan fingerprint density at radius 2 is 1.83 bits per heavy atom. The minimum atomic E-state index is -0.633. The second-order valence-corrected chi connectivity index (χ2v) is 8.38. The molecule has 2 aliphatic heterocycles. The van der Waals surface area contributed by atoms with Crippen molar-refractivity contribution < 1.29 is 19.1 Å². The highest BCUT2D eigenvalue weighted by atomic mass is 16.6. The molecule has 128 valence electrons. The first-order valence-electron chi connectivity index (χ1n) is 8.74. The Balaban J connectivity index is 1.88. The lowest BCUT2D eigenvalue weighted by Crippen LogP contribution is -2.67. The molecule has 23 heavy (non-hydrogen) atoms. The fraction of sp³-hybridized carbons (Fsp3) is 0.833. The van der Waals surface area contributed by atoms with Crippen LogP contribution in [0, 0.1) is 17.8 Å². The molecule has 0 aromatic heterocycles. The van der Waals surface area contributed by atoms with Crippen LogP contribution in [0.3, 0.4) is 0 Å². The van der Waals surface area contributed by atoms with E-state index in [-0.39, 0.29) is 29.4 Å². The van der Waals surface area contributed by atoms with Gasteiger partial charge in [0.2, 0.25) is 0 Å². The molecule has 2 saturated heterocycles. The molecular formula is C18H27NO4. The van der Waals surface area contributed by atoms with Crippen LogP contribution in [-0.4, -0.2) is 40.2 Å². The largest absolute Gasteiger partial charge is 0.444 e. The van der Waals surface area contributed by atoms with Crippen LogP contribution in [0.15, 0.2) is 0 Å². The lowest BCUT2D eigenvalue weighted by atomic mass is 9.65. The maximum Gasteiger partial charge on any atom is 0.411 e. The van der Waals surface area contributed by atoms with Gasteiger partial charge in [0.1, 0.15) is 17.4 Å². The number of hydrogen-bond acceptors (Lipinski definition) is 4. The molecule has 4 fully saturated rings. The van der Waals surface area contributed by atoms with Gasteiger partial charge in [-0.25, -0.2) is 4.79 Å². The van der Waals surface area contributed by atoms with Crippen LogP contribution in [0.2, 0.25) is 0 Å². The van der Waals surface area contributed by atoms with Crippen LogP contribution in [0.4, 0.5) is 4.79 Å². The molecule has 2 aliphatic carbocycles. The zero-order valence-electron chi connectivity index (χ0n) is 14.5. The van der Waals surface area contributed by atoms with Crippen LogP contribution in [-0.2, 0) is 14.3 Å². The Morgan fingerprint density at radius 1 is 1.17 bits per heavy atom. The van der Waals surface area contributed by atoms with Crippen LogP contribution in [0.5, 0.6) is 0 Å². The lowest BCUT2D eigenvalue weighted by molar-refractivity contribution is -0.152. The summed E-state index contributed by atoms with van der Waals surface area (Å²) >= 11 is 0. The van der Waals surface area contributed by atoms with E-state index in [1.54, 1.807) is 4.90 Å². The summed E-state index contributed by atoms with van der Waals surface area (Å²) in [6.07, 6.45) is 4.31. The smallest absolute Gasteiger partial charge is 0.411 e. The number of nitrogens with zero attached hydrogens (tertiary/aromatic N) is 1. The molecule has 0 N–H and O–H groups in total. The topological polar surface area (TPSA) is 63.7 Å². The van der Waals surface area contributed by atoms with Gasteiger partial charge in [-0.1, -0.05) is 12.8 Å². The quantitative estimate of drug-likeness (QED) is 0.801. The number of carbonyl (C=O) groups excluding carboxylic acids is 3. The highest BCUT2D eigenvalue weighted by Gasteiger charge is 2.56. The summed E-state index contributed by atoms with van der Waals surface area (Å²) in [4.78, 5) is 39.3. The Morgan fingerprint density at radius 3 is 2.35 bits per heavy atom. The summed E-state index contributed by atoms with van der Waals surface area (Å²) in [5, 5.41) is 0. The van der Waals surface area contributed by atoms with Gasteiger partial charge in [0, 0.05) is 17.9 Å². The van der Waals surface area contributed by atoms with E-state index in [1.807, 2.05) is 20.8 Å². The number of ketones is 2. The van der Waals surface area contributed by atoms with Crippen LogP contribution in [0.25, 0.3) is 0 Å². The molecule has 0 spiro atoms. The van der Waals surface area contributed by atoms with Gasteiger partial charge in [-0.2, -0.15) is 0 Å². The van der Waals surface area contributed by atoms with Crippen molar-refractivity contribution in [3.8, 4) is 0 Å². The molecule has 2 heterocycles. The van der Waals surface area contributed by atoms with Crippen molar-refractivity contribution in [2.45, 2.75) is 77.5 Å². The van der Waals surface area contributed by atoms with E-state index >= 15 is 0 Å². The Bertz CT molecular complexity index is 532. The van der Waals surface area contributed by atoms with E-state index in [4.69, 9.17) is 4.74 Å². The average molecular weight is 321 g/mol. The molecule has 5 heteroatoms. The van der Waals surface area contributed by atoms with E-state index in [1.165, 1.54) is 19.8 Å². The van der Waals surface area contributed by atoms with E-state index in [0.29, 0.717) is 12.3 Å². The number of Topliss-reactive ketones (excluding diaryl/α,β-unsaturated/α-hetero) is 2. The number of fused-ring (bicyclic) bond motifs is 3. The minimum absolute atomic E-state index is 0.107. The number of hydrogen-bond donors (Lipinski definition) is 0. The molecule has 0 aromatic carbocycles. The summed E-state index contributed by atoms with van der Waals surface area (Å²) in [7, 11) is 0. The first-order valence-corrected chi connectivity index (χ1v) is 8.74. The van der Waals surface area contributed by atoms with Crippen LogP contribution < -0.4 is 0 Å². The van der Waals surface area contributed by atoms with Gasteiger partial charge < -0.3 is 4.74 Å². The summed E-state index contributed by atoms with van der Waals surface area (Å²) < 4.78 is 5.54. The first kappa shape index (κ1) is 16.5. The van der Waals surface area contributed by atoms with Crippen molar-refractivity contribution in [2.75, 3.05) is 0 Å². The fourth-order valence-corrected chi connectivity index (χ4v) is 4.23. The molecule has 0 aromatic rings. The zero-order chi connectivity index (χ0) is 16.9. The number of rotatable bonds is 3. The Hall–Kier alpha value is -1.39. The van der Waals surface area contributed by atoms with Gasteiger partial charge in [-0.15, -0.1) is 0 Å². The third kappa shape index (κ3) is 3.15. The van der Waals surface area contributed by atoms with E-state index in [0.717, 1.165) is 12.8 Å². The molecule has 1 unspecified atom stereocenters. The summed E-state index contributed by atoms with van der Waals surface area (Å²) in [5.41, 5.74) is -0.606. The number of piperidine rings is 2. The van der Waals surface area contributed by atoms with Crippen molar-refractivity contribution in [3.63, 3.8) is 0 Å². The van der Waals surface area contributed by atoms with Gasteiger partial charge in [-0.05, 0) is 52.9 Å². The Kier molecular flexibility index (Phi) is 4.01. The maximum absolute atomic E-state index is 12.8. The molecular weight excluding hydrogens is 294 g/mol. The fourth-order valence-electron chi connectivity index (χ4n) is 4.23. The highest BCUT2D eigenvalue weighted by molar-refractivity contribution is 5.97. The van der Waals surface area contributed by atoms with Gasteiger partial charge in [0.25, 0.3) is 0 Å². The molecule has 4 atom stereocenters. The number of carbonyl (C=O) groups is 3. The number of amides is 1. The Labute approximate surface area is 137 Å². The van der Waals surface area contributed by atoms with Crippen molar-refractivity contribution in [1.29, 1.82) is 0 Å². The average Bonchev–Trinajstić information content (AvgIpc) is 3.23. The second kappa shape index (κ2) is 5.60. The van der Waals surface area contributed by atoms with Crippen molar-refractivity contribution in [3.05, 3.63) is 0 Å². The summed E-state index contributed by atoms with van der Waals surface area (Å²) in [5.74, 6) is 0.273. The van der Waals surface area contributed by atoms with Crippen molar-refractivity contribution in [2.24, 2.45) is 17.8 Å². The van der Waals surface area contributed by atoms with E-state index < -0.39 is 17.7 Å². The van der Waals surface area contributed by atoms with Gasteiger partial charge in [-0.3, -0.25) is 14.5 Å².